The lowest BCUT2D eigenvalue weighted by Crippen LogP contribution is -2.36. The fraction of sp³-hybridized carbons (Fsp3) is 0.333. The van der Waals surface area contributed by atoms with Gasteiger partial charge in [0.25, 0.3) is 10.0 Å². The Balaban J connectivity index is 1.68. The van der Waals surface area contributed by atoms with Crippen molar-refractivity contribution in [1.82, 2.24) is 0 Å². The third-order valence-electron chi connectivity index (χ3n) is 5.73. The Morgan fingerprint density at radius 2 is 1.82 bits per heavy atom. The van der Waals surface area contributed by atoms with Crippen molar-refractivity contribution in [1.29, 1.82) is 0 Å². The Hall–Kier alpha value is -2.67. The molecule has 0 unspecified atom stereocenters. The van der Waals surface area contributed by atoms with Gasteiger partial charge in [0.05, 0.1) is 10.3 Å². The van der Waals surface area contributed by atoms with E-state index in [9.17, 15) is 18.0 Å². The van der Waals surface area contributed by atoms with E-state index in [1.807, 2.05) is 0 Å². The maximum Gasteiger partial charge on any atom is 0.261 e. The van der Waals surface area contributed by atoms with Gasteiger partial charge in [-0.25, -0.2) is 8.42 Å². The number of Topliss-reactive ketones (excluding diaryl/α,β-unsaturated/α-hetero) is 1. The zero-order valence-electron chi connectivity index (χ0n) is 15.6. The van der Waals surface area contributed by atoms with Gasteiger partial charge in [-0.15, -0.1) is 0 Å². The smallest absolute Gasteiger partial charge is 0.261 e. The predicted octanol–water partition coefficient (Wildman–Crippen LogP) is 3.84. The Bertz CT molecular complexity index is 1070. The fourth-order valence-corrected chi connectivity index (χ4v) is 5.32. The minimum Gasteiger partial charge on any atom is -0.325 e. The number of rotatable bonds is 4. The molecule has 0 radical (unpaired) electrons. The lowest BCUT2D eigenvalue weighted by Gasteiger charge is -2.31. The van der Waals surface area contributed by atoms with Crippen molar-refractivity contribution >= 4 is 33.1 Å². The van der Waals surface area contributed by atoms with Gasteiger partial charge in [0.1, 0.15) is 0 Å². The molecule has 1 saturated carbocycles. The molecule has 2 N–H and O–H groups in total. The van der Waals surface area contributed by atoms with E-state index < -0.39 is 15.4 Å². The number of nitrogens with one attached hydrogen (secondary N) is 2. The second kappa shape index (κ2) is 6.74. The summed E-state index contributed by atoms with van der Waals surface area (Å²) in [6, 6.07) is 11.1. The molecule has 0 atom stereocenters. The molecule has 1 spiro atoms. The van der Waals surface area contributed by atoms with E-state index in [1.165, 1.54) is 19.1 Å². The lowest BCUT2D eigenvalue weighted by molar-refractivity contribution is -0.121. The summed E-state index contributed by atoms with van der Waals surface area (Å²) in [5.74, 6) is -0.185. The Labute approximate surface area is 164 Å². The monoisotopic (exact) mass is 398 g/mol. The topological polar surface area (TPSA) is 92.3 Å². The Kier molecular flexibility index (Phi) is 4.50. The molecule has 1 aliphatic heterocycles. The van der Waals surface area contributed by atoms with Crippen LogP contribution < -0.4 is 10.0 Å². The van der Waals surface area contributed by atoms with E-state index in [0.717, 1.165) is 43.4 Å². The van der Waals surface area contributed by atoms with E-state index in [1.54, 1.807) is 30.3 Å². The van der Waals surface area contributed by atoms with Crippen LogP contribution in [0.25, 0.3) is 0 Å². The minimum atomic E-state index is -3.85. The van der Waals surface area contributed by atoms with Gasteiger partial charge in [0.2, 0.25) is 5.91 Å². The van der Waals surface area contributed by atoms with Crippen LogP contribution in [0.3, 0.4) is 0 Å². The molecule has 1 amide bonds. The van der Waals surface area contributed by atoms with Gasteiger partial charge in [-0.2, -0.15) is 0 Å². The van der Waals surface area contributed by atoms with Crippen molar-refractivity contribution in [2.75, 3.05) is 10.0 Å². The average molecular weight is 398 g/mol. The Morgan fingerprint density at radius 3 is 2.54 bits per heavy atom. The number of hydrogen-bond donors (Lipinski definition) is 2. The van der Waals surface area contributed by atoms with Gasteiger partial charge in [-0.1, -0.05) is 31.4 Å². The summed E-state index contributed by atoms with van der Waals surface area (Å²) in [5.41, 5.74) is 1.83. The van der Waals surface area contributed by atoms with Gasteiger partial charge in [-0.05, 0) is 55.7 Å². The van der Waals surface area contributed by atoms with Gasteiger partial charge in [-0.3, -0.25) is 14.3 Å². The number of hydrogen-bond acceptors (Lipinski definition) is 4. The summed E-state index contributed by atoms with van der Waals surface area (Å²) in [5, 5.41) is 2.95. The number of benzene rings is 2. The zero-order valence-corrected chi connectivity index (χ0v) is 16.4. The molecular weight excluding hydrogens is 376 g/mol. The number of carbonyl (C=O) groups is 2. The first-order valence-corrected chi connectivity index (χ1v) is 10.9. The van der Waals surface area contributed by atoms with Crippen LogP contribution in [0.15, 0.2) is 47.4 Å². The summed E-state index contributed by atoms with van der Waals surface area (Å²) in [6.07, 6.45) is 4.65. The standard InChI is InChI=1S/C21H22N2O4S/c1-14(24)15-6-5-7-17(12-15)28(26,27)23-16-8-9-19-18(13-16)21(20(25)22-19)10-3-2-4-11-21/h5-9,12-13,23H,2-4,10-11H2,1H3,(H,22,25). The number of carbonyl (C=O) groups excluding carboxylic acids is 2. The maximum absolute atomic E-state index is 12.8. The second-order valence-corrected chi connectivity index (χ2v) is 9.23. The van der Waals surface area contributed by atoms with Crippen molar-refractivity contribution in [3.8, 4) is 0 Å². The molecule has 0 aromatic heterocycles. The molecule has 0 saturated heterocycles. The summed E-state index contributed by atoms with van der Waals surface area (Å²) in [7, 11) is -3.85. The molecule has 1 fully saturated rings. The normalized spacial score (nSPS) is 17.8. The van der Waals surface area contributed by atoms with Crippen LogP contribution >= 0.6 is 0 Å². The first-order valence-electron chi connectivity index (χ1n) is 9.42. The van der Waals surface area contributed by atoms with Crippen molar-refractivity contribution in [3.05, 3.63) is 53.6 Å². The highest BCUT2D eigenvalue weighted by molar-refractivity contribution is 7.92. The van der Waals surface area contributed by atoms with E-state index in [2.05, 4.69) is 10.0 Å². The molecule has 4 rings (SSSR count). The van der Waals surface area contributed by atoms with E-state index >= 15 is 0 Å². The lowest BCUT2D eigenvalue weighted by atomic mass is 9.70. The molecule has 1 aliphatic carbocycles. The number of ketones is 1. The quantitative estimate of drug-likeness (QED) is 0.765. The van der Waals surface area contributed by atoms with Gasteiger partial charge < -0.3 is 5.32 Å². The van der Waals surface area contributed by atoms with Crippen LogP contribution in [0.1, 0.15) is 54.9 Å². The largest absolute Gasteiger partial charge is 0.325 e. The highest BCUT2D eigenvalue weighted by Crippen LogP contribution is 2.48. The highest BCUT2D eigenvalue weighted by atomic mass is 32.2. The van der Waals surface area contributed by atoms with Crippen molar-refractivity contribution in [2.24, 2.45) is 0 Å². The summed E-state index contributed by atoms with van der Waals surface area (Å²) in [6.45, 7) is 1.40. The highest BCUT2D eigenvalue weighted by Gasteiger charge is 2.47. The molecule has 2 aromatic carbocycles. The predicted molar refractivity (Wildman–Crippen MR) is 107 cm³/mol. The van der Waals surface area contributed by atoms with Gasteiger partial charge in [0.15, 0.2) is 5.78 Å². The summed E-state index contributed by atoms with van der Waals surface area (Å²) < 4.78 is 28.2. The third kappa shape index (κ3) is 3.09. The third-order valence-corrected chi connectivity index (χ3v) is 7.11. The first kappa shape index (κ1) is 18.7. The van der Waals surface area contributed by atoms with Crippen LogP contribution in [-0.4, -0.2) is 20.1 Å². The Morgan fingerprint density at radius 1 is 1.07 bits per heavy atom. The fourth-order valence-electron chi connectivity index (χ4n) is 4.22. The van der Waals surface area contributed by atoms with E-state index in [0.29, 0.717) is 11.3 Å². The molecular formula is C21H22N2O4S. The van der Waals surface area contributed by atoms with Crippen LogP contribution in [0, 0.1) is 0 Å². The van der Waals surface area contributed by atoms with Crippen LogP contribution in [0.2, 0.25) is 0 Å². The van der Waals surface area contributed by atoms with Gasteiger partial charge >= 0.3 is 0 Å². The average Bonchev–Trinajstić information content (AvgIpc) is 2.93. The summed E-state index contributed by atoms with van der Waals surface area (Å²) >= 11 is 0. The number of fused-ring (bicyclic) bond motifs is 2. The van der Waals surface area contributed by atoms with Crippen LogP contribution in [0.5, 0.6) is 0 Å². The number of sulfonamides is 1. The van der Waals surface area contributed by atoms with Crippen molar-refractivity contribution in [3.63, 3.8) is 0 Å². The zero-order chi connectivity index (χ0) is 19.9. The number of anilines is 2. The van der Waals surface area contributed by atoms with Crippen LogP contribution in [0.4, 0.5) is 11.4 Å². The molecule has 7 heteroatoms. The van der Waals surface area contributed by atoms with Gasteiger partial charge in [0, 0.05) is 16.9 Å². The maximum atomic E-state index is 12.8. The first-order chi connectivity index (χ1) is 13.3. The molecule has 6 nitrogen and oxygen atoms in total. The van der Waals surface area contributed by atoms with E-state index in [4.69, 9.17) is 0 Å². The van der Waals surface area contributed by atoms with Crippen molar-refractivity contribution < 1.29 is 18.0 Å². The molecule has 2 aliphatic rings. The SMILES string of the molecule is CC(=O)c1cccc(S(=O)(=O)Nc2ccc3c(c2)C2(CCCCC2)C(=O)N3)c1. The summed E-state index contributed by atoms with van der Waals surface area (Å²) in [4.78, 5) is 24.2. The number of amides is 1. The minimum absolute atomic E-state index is 0.0105. The van der Waals surface area contributed by atoms with Crippen LogP contribution in [-0.2, 0) is 20.2 Å². The second-order valence-electron chi connectivity index (χ2n) is 7.55. The van der Waals surface area contributed by atoms with Crippen molar-refractivity contribution in [2.45, 2.75) is 49.3 Å². The molecule has 2 aromatic rings. The molecule has 0 bridgehead atoms. The molecule has 1 heterocycles. The molecule has 146 valence electrons. The van der Waals surface area contributed by atoms with E-state index in [-0.39, 0.29) is 16.6 Å². The molecule has 28 heavy (non-hydrogen) atoms.